The highest BCUT2D eigenvalue weighted by Crippen LogP contribution is 2.12. The largest absolute Gasteiger partial charge is 0.478 e. The van der Waals surface area contributed by atoms with Gasteiger partial charge in [0.15, 0.2) is 0 Å². The lowest BCUT2D eigenvalue weighted by molar-refractivity contribution is 0.301. The van der Waals surface area contributed by atoms with E-state index in [9.17, 15) is 4.21 Å². The molecular formula is C13H19N5O2S. The Morgan fingerprint density at radius 2 is 2.24 bits per heavy atom. The minimum absolute atomic E-state index is 0.376. The van der Waals surface area contributed by atoms with E-state index in [4.69, 9.17) is 10.3 Å². The third kappa shape index (κ3) is 6.87. The van der Waals surface area contributed by atoms with Gasteiger partial charge in [0.25, 0.3) is 0 Å². The molecule has 7 nitrogen and oxygen atoms in total. The van der Waals surface area contributed by atoms with Gasteiger partial charge in [-0.1, -0.05) is 5.11 Å². The van der Waals surface area contributed by atoms with E-state index in [2.05, 4.69) is 19.4 Å². The molecular weight excluding hydrogens is 290 g/mol. The highest BCUT2D eigenvalue weighted by Gasteiger charge is 2.18. The highest BCUT2D eigenvalue weighted by molar-refractivity contribution is 7.85. The van der Waals surface area contributed by atoms with E-state index in [0.717, 1.165) is 5.56 Å². The number of aromatic nitrogens is 1. The lowest BCUT2D eigenvalue weighted by Crippen LogP contribution is -2.19. The number of rotatable bonds is 7. The van der Waals surface area contributed by atoms with Crippen molar-refractivity contribution in [2.24, 2.45) is 9.51 Å². The number of nitrogens with zero attached hydrogens (tertiary/aromatic N) is 5. The third-order valence-electron chi connectivity index (χ3n) is 2.30. The maximum Gasteiger partial charge on any atom is 0.213 e. The first-order valence-corrected chi connectivity index (χ1v) is 7.60. The van der Waals surface area contributed by atoms with Crippen molar-refractivity contribution in [1.29, 1.82) is 0 Å². The van der Waals surface area contributed by atoms with Gasteiger partial charge in [0.1, 0.15) is 11.0 Å². The van der Waals surface area contributed by atoms with Crippen molar-refractivity contribution in [3.05, 3.63) is 34.3 Å². The number of pyridine rings is 1. The lowest BCUT2D eigenvalue weighted by Gasteiger charge is -2.12. The summed E-state index contributed by atoms with van der Waals surface area (Å²) in [6, 6.07) is 3.51. The van der Waals surface area contributed by atoms with Crippen molar-refractivity contribution in [1.82, 2.24) is 4.98 Å². The van der Waals surface area contributed by atoms with E-state index in [1.54, 1.807) is 24.5 Å². The summed E-state index contributed by atoms with van der Waals surface area (Å²) < 4.78 is 20.8. The van der Waals surface area contributed by atoms with Crippen LogP contribution in [0.15, 0.2) is 27.8 Å². The van der Waals surface area contributed by atoms with Gasteiger partial charge in [-0.05, 0) is 38.8 Å². The highest BCUT2D eigenvalue weighted by atomic mass is 32.2. The Morgan fingerprint density at radius 1 is 1.48 bits per heavy atom. The van der Waals surface area contributed by atoms with Crippen molar-refractivity contribution in [2.45, 2.75) is 31.9 Å². The molecule has 0 aliphatic heterocycles. The van der Waals surface area contributed by atoms with Crippen LogP contribution < -0.4 is 4.74 Å². The average molecular weight is 309 g/mol. The van der Waals surface area contributed by atoms with Crippen LogP contribution in [0.2, 0.25) is 0 Å². The molecule has 1 aromatic heterocycles. The summed E-state index contributed by atoms with van der Waals surface area (Å²) in [5.41, 5.74) is 8.88. The predicted molar refractivity (Wildman–Crippen MR) is 83.9 cm³/mol. The number of azide groups is 1. The Morgan fingerprint density at radius 3 is 2.81 bits per heavy atom. The van der Waals surface area contributed by atoms with Gasteiger partial charge in [0, 0.05) is 35.5 Å². The van der Waals surface area contributed by atoms with E-state index < -0.39 is 11.0 Å². The molecule has 1 rings (SSSR count). The molecule has 0 saturated carbocycles. The van der Waals surface area contributed by atoms with E-state index in [1.807, 2.05) is 20.8 Å². The number of ether oxygens (including phenoxy) is 1. The second-order valence-corrected chi connectivity index (χ2v) is 7.12. The fourth-order valence-electron chi connectivity index (χ4n) is 1.18. The Labute approximate surface area is 126 Å². The second-order valence-electron chi connectivity index (χ2n) is 5.18. The molecule has 1 heterocycles. The molecule has 0 aromatic carbocycles. The van der Waals surface area contributed by atoms with Gasteiger partial charge in [-0.15, -0.1) is 0 Å². The maximum absolute atomic E-state index is 11.8. The minimum Gasteiger partial charge on any atom is -0.478 e. The fourth-order valence-corrected chi connectivity index (χ4v) is 1.71. The van der Waals surface area contributed by atoms with Crippen LogP contribution in [0.3, 0.4) is 0 Å². The molecule has 0 saturated heterocycles. The second kappa shape index (κ2) is 8.39. The van der Waals surface area contributed by atoms with Crippen molar-refractivity contribution in [3.8, 4) is 5.88 Å². The summed E-state index contributed by atoms with van der Waals surface area (Å²) in [5, 5.41) is 3.41. The molecule has 0 aliphatic carbocycles. The van der Waals surface area contributed by atoms with E-state index in [-0.39, 0.29) is 4.75 Å². The monoisotopic (exact) mass is 309 g/mol. The molecule has 0 bridgehead atoms. The summed E-state index contributed by atoms with van der Waals surface area (Å²) in [4.78, 5) is 6.78. The fraction of sp³-hybridized carbons (Fsp3) is 0.538. The van der Waals surface area contributed by atoms with Crippen LogP contribution in [0.25, 0.3) is 10.4 Å². The summed E-state index contributed by atoms with van der Waals surface area (Å²) >= 11 is 0. The first-order chi connectivity index (χ1) is 9.93. The van der Waals surface area contributed by atoms with Crippen LogP contribution in [0, 0.1) is 0 Å². The standard InChI is InChI=1S/C13H19N5O2S/c1-13(2,3)21(19)17-10-11-5-6-12(15-9-11)20-8-4-7-16-18-14/h5-6,9-10H,4,7-8H2,1-3H3/t21-/m1/s1. The molecule has 1 atom stereocenters. The molecule has 0 radical (unpaired) electrons. The van der Waals surface area contributed by atoms with Crippen molar-refractivity contribution < 1.29 is 8.95 Å². The molecule has 8 heteroatoms. The first kappa shape index (κ1) is 17.1. The van der Waals surface area contributed by atoms with Crippen molar-refractivity contribution >= 4 is 17.2 Å². The SMILES string of the molecule is CC(C)(C)[S@@](=O)N=Cc1ccc(OCCCN=[N+]=[N-])nc1. The van der Waals surface area contributed by atoms with Gasteiger partial charge in [0.05, 0.1) is 11.4 Å². The third-order valence-corrected chi connectivity index (χ3v) is 3.64. The van der Waals surface area contributed by atoms with Crippen LogP contribution in [0.4, 0.5) is 0 Å². The first-order valence-electron chi connectivity index (χ1n) is 6.49. The molecule has 21 heavy (non-hydrogen) atoms. The van der Waals surface area contributed by atoms with Gasteiger partial charge < -0.3 is 4.74 Å². The molecule has 0 aliphatic rings. The summed E-state index contributed by atoms with van der Waals surface area (Å²) in [6.45, 7) is 6.44. The molecule has 0 amide bonds. The van der Waals surface area contributed by atoms with Gasteiger partial charge >= 0.3 is 0 Å². The summed E-state index contributed by atoms with van der Waals surface area (Å²) in [7, 11) is -1.28. The maximum atomic E-state index is 11.8. The number of hydrogen-bond acceptors (Lipinski definition) is 4. The zero-order valence-corrected chi connectivity index (χ0v) is 13.2. The molecule has 0 unspecified atom stereocenters. The smallest absolute Gasteiger partial charge is 0.213 e. The zero-order chi connectivity index (χ0) is 15.7. The Kier molecular flexibility index (Phi) is 6.84. The molecule has 114 valence electrons. The quantitative estimate of drug-likeness (QED) is 0.254. The van der Waals surface area contributed by atoms with Gasteiger partial charge in [-0.3, -0.25) is 0 Å². The Balaban J connectivity index is 2.48. The van der Waals surface area contributed by atoms with E-state index >= 15 is 0 Å². The normalized spacial score (nSPS) is 12.9. The molecule has 1 aromatic rings. The molecule has 0 N–H and O–H groups in total. The predicted octanol–water partition coefficient (Wildman–Crippen LogP) is 3.04. The molecule has 0 fully saturated rings. The van der Waals surface area contributed by atoms with Gasteiger partial charge in [-0.2, -0.15) is 4.40 Å². The average Bonchev–Trinajstić information content (AvgIpc) is 2.44. The number of hydrogen-bond donors (Lipinski definition) is 0. The van der Waals surface area contributed by atoms with Crippen LogP contribution in [-0.4, -0.2) is 33.3 Å². The van der Waals surface area contributed by atoms with Crippen LogP contribution >= 0.6 is 0 Å². The molecule has 0 spiro atoms. The zero-order valence-electron chi connectivity index (χ0n) is 12.4. The van der Waals surface area contributed by atoms with Crippen LogP contribution in [-0.2, 0) is 11.0 Å². The minimum atomic E-state index is -1.28. The lowest BCUT2D eigenvalue weighted by atomic mass is 10.3. The van der Waals surface area contributed by atoms with Crippen LogP contribution in [0.5, 0.6) is 5.88 Å². The van der Waals surface area contributed by atoms with Crippen molar-refractivity contribution in [3.63, 3.8) is 0 Å². The van der Waals surface area contributed by atoms with Gasteiger partial charge in [-0.25, -0.2) is 9.19 Å². The van der Waals surface area contributed by atoms with Gasteiger partial charge in [0.2, 0.25) is 5.88 Å². The van der Waals surface area contributed by atoms with E-state index in [1.165, 1.54) is 0 Å². The van der Waals surface area contributed by atoms with Crippen molar-refractivity contribution in [2.75, 3.05) is 13.2 Å². The van der Waals surface area contributed by atoms with Crippen LogP contribution in [0.1, 0.15) is 32.8 Å². The Bertz CT molecular complexity index is 545. The Hall–Kier alpha value is -1.92. The summed E-state index contributed by atoms with van der Waals surface area (Å²) in [6.07, 6.45) is 3.78. The topological polar surface area (TPSA) is 100 Å². The summed E-state index contributed by atoms with van der Waals surface area (Å²) in [5.74, 6) is 0.491. The van der Waals surface area contributed by atoms with E-state index in [0.29, 0.717) is 25.5 Å².